The van der Waals surface area contributed by atoms with E-state index in [1.165, 1.54) is 58.0 Å². The highest BCUT2D eigenvalue weighted by molar-refractivity contribution is 4.85. The Morgan fingerprint density at radius 2 is 1.67 bits per heavy atom. The van der Waals surface area contributed by atoms with Crippen LogP contribution in [0, 0.1) is 11.3 Å². The molecule has 1 nitrogen and oxygen atoms in total. The molecule has 0 aromatic rings. The van der Waals surface area contributed by atoms with E-state index in [9.17, 15) is 0 Å². The molecule has 0 bridgehead atoms. The Balaban J connectivity index is 2.22. The highest BCUT2D eigenvalue weighted by Crippen LogP contribution is 2.40. The first kappa shape index (κ1) is 13.0. The van der Waals surface area contributed by atoms with Gasteiger partial charge in [-0.2, -0.15) is 0 Å². The summed E-state index contributed by atoms with van der Waals surface area (Å²) in [6.07, 6.45) is 9.84. The number of hydrogen-bond donors (Lipinski definition) is 1. The van der Waals surface area contributed by atoms with Gasteiger partial charge < -0.3 is 5.32 Å². The van der Waals surface area contributed by atoms with Gasteiger partial charge in [0.25, 0.3) is 0 Å². The first-order valence-corrected chi connectivity index (χ1v) is 6.97. The summed E-state index contributed by atoms with van der Waals surface area (Å²) in [6, 6.07) is 0. The third-order valence-corrected chi connectivity index (χ3v) is 4.50. The minimum atomic E-state index is 0.659. The fraction of sp³-hybridized carbons (Fsp3) is 1.00. The minimum Gasteiger partial charge on any atom is -0.316 e. The normalized spacial score (nSPS) is 20.0. The van der Waals surface area contributed by atoms with Crippen LogP contribution in [-0.4, -0.2) is 13.1 Å². The Labute approximate surface area is 96.0 Å². The lowest BCUT2D eigenvalue weighted by Crippen LogP contribution is -2.34. The van der Waals surface area contributed by atoms with Gasteiger partial charge in [0.1, 0.15) is 0 Å². The maximum absolute atomic E-state index is 3.72. The summed E-state index contributed by atoms with van der Waals surface area (Å²) in [5, 5.41) is 3.72. The Kier molecular flexibility index (Phi) is 5.66. The maximum atomic E-state index is 3.72. The van der Waals surface area contributed by atoms with E-state index in [0.29, 0.717) is 5.41 Å². The van der Waals surface area contributed by atoms with E-state index in [2.05, 4.69) is 26.1 Å². The third-order valence-electron chi connectivity index (χ3n) is 4.50. The van der Waals surface area contributed by atoms with Crippen LogP contribution in [0.3, 0.4) is 0 Å². The molecule has 0 aromatic heterocycles. The molecular formula is C14H29N. The lowest BCUT2D eigenvalue weighted by atomic mass is 9.83. The van der Waals surface area contributed by atoms with Crippen LogP contribution in [0.4, 0.5) is 0 Å². The monoisotopic (exact) mass is 211 g/mol. The SMILES string of the molecule is CCC(CC)CNCC1(CC)CCCC1. The first-order valence-electron chi connectivity index (χ1n) is 6.97. The van der Waals surface area contributed by atoms with E-state index >= 15 is 0 Å². The predicted molar refractivity (Wildman–Crippen MR) is 68.1 cm³/mol. The summed E-state index contributed by atoms with van der Waals surface area (Å²) in [5.41, 5.74) is 0.659. The van der Waals surface area contributed by atoms with Crippen molar-refractivity contribution in [3.05, 3.63) is 0 Å². The first-order chi connectivity index (χ1) is 7.26. The molecule has 1 aliphatic carbocycles. The standard InChI is InChI=1S/C14H29N/c1-4-13(5-2)11-15-12-14(6-3)9-7-8-10-14/h13,15H,4-12H2,1-3H3. The third kappa shape index (κ3) is 3.79. The van der Waals surface area contributed by atoms with Crippen molar-refractivity contribution in [3.63, 3.8) is 0 Å². The van der Waals surface area contributed by atoms with Gasteiger partial charge >= 0.3 is 0 Å². The van der Waals surface area contributed by atoms with Gasteiger partial charge in [-0.15, -0.1) is 0 Å². The van der Waals surface area contributed by atoms with Gasteiger partial charge in [0.05, 0.1) is 0 Å². The van der Waals surface area contributed by atoms with Crippen LogP contribution in [-0.2, 0) is 0 Å². The zero-order valence-electron chi connectivity index (χ0n) is 10.9. The predicted octanol–water partition coefficient (Wildman–Crippen LogP) is 3.98. The fourth-order valence-corrected chi connectivity index (χ4v) is 2.90. The summed E-state index contributed by atoms with van der Waals surface area (Å²) >= 11 is 0. The van der Waals surface area contributed by atoms with Crippen molar-refractivity contribution in [2.24, 2.45) is 11.3 Å². The van der Waals surface area contributed by atoms with Crippen molar-refractivity contribution in [2.45, 2.75) is 65.7 Å². The molecule has 1 fully saturated rings. The summed E-state index contributed by atoms with van der Waals surface area (Å²) < 4.78 is 0. The molecule has 0 amide bonds. The van der Waals surface area contributed by atoms with Gasteiger partial charge in [0, 0.05) is 6.54 Å². The van der Waals surface area contributed by atoms with Crippen molar-refractivity contribution in [2.75, 3.05) is 13.1 Å². The quantitative estimate of drug-likeness (QED) is 0.671. The lowest BCUT2D eigenvalue weighted by molar-refractivity contribution is 0.260. The van der Waals surface area contributed by atoms with E-state index in [0.717, 1.165) is 5.92 Å². The Morgan fingerprint density at radius 1 is 1.07 bits per heavy atom. The van der Waals surface area contributed by atoms with Crippen LogP contribution in [0.25, 0.3) is 0 Å². The summed E-state index contributed by atoms with van der Waals surface area (Å²) in [5.74, 6) is 0.889. The summed E-state index contributed by atoms with van der Waals surface area (Å²) in [6.45, 7) is 9.47. The zero-order valence-corrected chi connectivity index (χ0v) is 10.9. The van der Waals surface area contributed by atoms with E-state index in [1.54, 1.807) is 0 Å². The molecule has 90 valence electrons. The minimum absolute atomic E-state index is 0.659. The van der Waals surface area contributed by atoms with Crippen molar-refractivity contribution < 1.29 is 0 Å². The number of hydrogen-bond acceptors (Lipinski definition) is 1. The van der Waals surface area contributed by atoms with Crippen LogP contribution in [0.1, 0.15) is 65.7 Å². The molecule has 0 heterocycles. The topological polar surface area (TPSA) is 12.0 Å². The van der Waals surface area contributed by atoms with Crippen LogP contribution in [0.5, 0.6) is 0 Å². The Morgan fingerprint density at radius 3 is 2.13 bits per heavy atom. The van der Waals surface area contributed by atoms with Gasteiger partial charge in [-0.05, 0) is 37.1 Å². The molecule has 1 saturated carbocycles. The fourth-order valence-electron chi connectivity index (χ4n) is 2.90. The van der Waals surface area contributed by atoms with E-state index < -0.39 is 0 Å². The largest absolute Gasteiger partial charge is 0.316 e. The molecule has 0 atom stereocenters. The molecule has 0 saturated heterocycles. The van der Waals surface area contributed by atoms with Crippen LogP contribution < -0.4 is 5.32 Å². The number of rotatable bonds is 7. The average Bonchev–Trinajstić information content (AvgIpc) is 2.74. The summed E-state index contributed by atoms with van der Waals surface area (Å²) in [7, 11) is 0. The highest BCUT2D eigenvalue weighted by atomic mass is 14.9. The van der Waals surface area contributed by atoms with Crippen molar-refractivity contribution in [3.8, 4) is 0 Å². The molecule has 1 rings (SSSR count). The van der Waals surface area contributed by atoms with Gasteiger partial charge in [0.15, 0.2) is 0 Å². The van der Waals surface area contributed by atoms with Crippen LogP contribution in [0.15, 0.2) is 0 Å². The van der Waals surface area contributed by atoms with Crippen LogP contribution >= 0.6 is 0 Å². The maximum Gasteiger partial charge on any atom is 0.000782 e. The summed E-state index contributed by atoms with van der Waals surface area (Å²) in [4.78, 5) is 0. The smallest absolute Gasteiger partial charge is 0.000782 e. The van der Waals surface area contributed by atoms with Gasteiger partial charge in [-0.1, -0.05) is 46.5 Å². The molecule has 0 spiro atoms. The number of nitrogens with one attached hydrogen (secondary N) is 1. The average molecular weight is 211 g/mol. The van der Waals surface area contributed by atoms with Gasteiger partial charge in [-0.25, -0.2) is 0 Å². The Bertz CT molecular complexity index is 155. The highest BCUT2D eigenvalue weighted by Gasteiger charge is 2.31. The van der Waals surface area contributed by atoms with E-state index in [4.69, 9.17) is 0 Å². The second kappa shape index (κ2) is 6.52. The second-order valence-corrected chi connectivity index (χ2v) is 5.37. The van der Waals surface area contributed by atoms with Gasteiger partial charge in [0.2, 0.25) is 0 Å². The van der Waals surface area contributed by atoms with Crippen molar-refractivity contribution in [1.29, 1.82) is 0 Å². The molecular weight excluding hydrogens is 182 g/mol. The van der Waals surface area contributed by atoms with Crippen LogP contribution in [0.2, 0.25) is 0 Å². The molecule has 0 radical (unpaired) electrons. The molecule has 1 N–H and O–H groups in total. The van der Waals surface area contributed by atoms with Gasteiger partial charge in [-0.3, -0.25) is 0 Å². The Hall–Kier alpha value is -0.0400. The molecule has 1 heteroatoms. The lowest BCUT2D eigenvalue weighted by Gasteiger charge is -2.28. The van der Waals surface area contributed by atoms with E-state index in [1.807, 2.05) is 0 Å². The van der Waals surface area contributed by atoms with Crippen molar-refractivity contribution >= 4 is 0 Å². The molecule has 0 aliphatic heterocycles. The molecule has 0 unspecified atom stereocenters. The second-order valence-electron chi connectivity index (χ2n) is 5.37. The molecule has 0 aromatic carbocycles. The molecule has 1 aliphatic rings. The molecule has 15 heavy (non-hydrogen) atoms. The zero-order chi connectivity index (χ0) is 11.1. The van der Waals surface area contributed by atoms with Crippen molar-refractivity contribution in [1.82, 2.24) is 5.32 Å². The van der Waals surface area contributed by atoms with E-state index in [-0.39, 0.29) is 0 Å².